The number of hydrogen-bond acceptors (Lipinski definition) is 3. The van der Waals surface area contributed by atoms with Crippen molar-refractivity contribution < 1.29 is 8.42 Å². The molecule has 0 fully saturated rings. The number of aromatic amines is 1. The number of sulfonamides is 1. The monoisotopic (exact) mass is 301 g/mol. The molecule has 0 spiro atoms. The lowest BCUT2D eigenvalue weighted by Crippen LogP contribution is -2.14. The van der Waals surface area contributed by atoms with Gasteiger partial charge in [-0.1, -0.05) is 12.1 Å². The Morgan fingerprint density at radius 1 is 1.14 bits per heavy atom. The summed E-state index contributed by atoms with van der Waals surface area (Å²) in [5, 5.41) is 0. The summed E-state index contributed by atoms with van der Waals surface area (Å²) < 4.78 is 27.6. The molecule has 2 N–H and O–H groups in total. The van der Waals surface area contributed by atoms with Gasteiger partial charge in [-0.3, -0.25) is 4.72 Å². The zero-order valence-electron chi connectivity index (χ0n) is 11.7. The number of imidazole rings is 1. The van der Waals surface area contributed by atoms with Crippen LogP contribution >= 0.6 is 0 Å². The molecule has 0 aliphatic carbocycles. The summed E-state index contributed by atoms with van der Waals surface area (Å²) in [4.78, 5) is 7.20. The number of benzene rings is 2. The van der Waals surface area contributed by atoms with Crippen molar-refractivity contribution in [3.05, 3.63) is 53.9 Å². The van der Waals surface area contributed by atoms with Crippen LogP contribution in [-0.4, -0.2) is 18.4 Å². The third-order valence-corrected chi connectivity index (χ3v) is 4.91. The van der Waals surface area contributed by atoms with Crippen molar-refractivity contribution >= 4 is 26.7 Å². The van der Waals surface area contributed by atoms with Crippen LogP contribution in [0.3, 0.4) is 0 Å². The standard InChI is InChI=1S/C15H15N3O2S/c1-10-4-3-5-13(11(10)2)18-21(19,20)12-6-7-14-15(8-12)17-9-16-14/h3-9,18H,1-2H3,(H,16,17). The Balaban J connectivity index is 2.01. The van der Waals surface area contributed by atoms with Crippen molar-refractivity contribution in [3.8, 4) is 0 Å². The highest BCUT2D eigenvalue weighted by molar-refractivity contribution is 7.92. The molecule has 0 saturated heterocycles. The van der Waals surface area contributed by atoms with Crippen molar-refractivity contribution in [2.75, 3.05) is 4.72 Å². The lowest BCUT2D eigenvalue weighted by atomic mass is 10.1. The molecule has 21 heavy (non-hydrogen) atoms. The van der Waals surface area contributed by atoms with Gasteiger partial charge in [0.05, 0.1) is 27.9 Å². The number of aryl methyl sites for hydroxylation is 1. The van der Waals surface area contributed by atoms with Gasteiger partial charge in [-0.05, 0) is 49.2 Å². The predicted molar refractivity (Wildman–Crippen MR) is 82.8 cm³/mol. The van der Waals surface area contributed by atoms with Crippen LogP contribution in [0.5, 0.6) is 0 Å². The topological polar surface area (TPSA) is 74.8 Å². The summed E-state index contributed by atoms with van der Waals surface area (Å²) in [6, 6.07) is 10.4. The Bertz CT molecular complexity index is 914. The Labute approximate surface area is 123 Å². The molecular formula is C15H15N3O2S. The van der Waals surface area contributed by atoms with Gasteiger partial charge in [0, 0.05) is 0 Å². The van der Waals surface area contributed by atoms with Gasteiger partial charge in [0.2, 0.25) is 0 Å². The summed E-state index contributed by atoms with van der Waals surface area (Å²) in [6.45, 7) is 3.84. The van der Waals surface area contributed by atoms with Gasteiger partial charge < -0.3 is 4.98 Å². The second-order valence-electron chi connectivity index (χ2n) is 4.93. The van der Waals surface area contributed by atoms with E-state index in [4.69, 9.17) is 0 Å². The fourth-order valence-corrected chi connectivity index (χ4v) is 3.30. The van der Waals surface area contributed by atoms with E-state index in [9.17, 15) is 8.42 Å². The Hall–Kier alpha value is -2.34. The predicted octanol–water partition coefficient (Wildman–Crippen LogP) is 2.98. The fourth-order valence-electron chi connectivity index (χ4n) is 2.15. The zero-order chi connectivity index (χ0) is 15.0. The minimum absolute atomic E-state index is 0.208. The van der Waals surface area contributed by atoms with E-state index in [2.05, 4.69) is 14.7 Å². The molecule has 0 atom stereocenters. The van der Waals surface area contributed by atoms with E-state index in [1.165, 1.54) is 0 Å². The van der Waals surface area contributed by atoms with Crippen molar-refractivity contribution in [3.63, 3.8) is 0 Å². The van der Waals surface area contributed by atoms with Gasteiger partial charge in [0.1, 0.15) is 0 Å². The number of nitrogens with one attached hydrogen (secondary N) is 2. The summed E-state index contributed by atoms with van der Waals surface area (Å²) in [6.07, 6.45) is 1.54. The van der Waals surface area contributed by atoms with Crippen LogP contribution in [-0.2, 0) is 10.0 Å². The second kappa shape index (κ2) is 4.89. The van der Waals surface area contributed by atoms with Gasteiger partial charge >= 0.3 is 0 Å². The summed E-state index contributed by atoms with van der Waals surface area (Å²) in [5.41, 5.74) is 3.99. The molecule has 3 rings (SSSR count). The van der Waals surface area contributed by atoms with E-state index in [0.29, 0.717) is 11.2 Å². The van der Waals surface area contributed by atoms with Crippen molar-refractivity contribution in [1.29, 1.82) is 0 Å². The third-order valence-electron chi connectivity index (χ3n) is 3.55. The van der Waals surface area contributed by atoms with E-state index in [1.807, 2.05) is 26.0 Å². The summed E-state index contributed by atoms with van der Waals surface area (Å²) in [7, 11) is -3.62. The van der Waals surface area contributed by atoms with Crippen LogP contribution in [0.4, 0.5) is 5.69 Å². The first kappa shape index (κ1) is 13.6. The maximum Gasteiger partial charge on any atom is 0.261 e. The summed E-state index contributed by atoms with van der Waals surface area (Å²) >= 11 is 0. The van der Waals surface area contributed by atoms with Crippen LogP contribution in [0.15, 0.2) is 47.6 Å². The quantitative estimate of drug-likeness (QED) is 0.781. The number of rotatable bonds is 3. The maximum atomic E-state index is 12.5. The highest BCUT2D eigenvalue weighted by Gasteiger charge is 2.16. The number of anilines is 1. The van der Waals surface area contributed by atoms with E-state index in [0.717, 1.165) is 16.6 Å². The Morgan fingerprint density at radius 2 is 1.95 bits per heavy atom. The van der Waals surface area contributed by atoms with Crippen LogP contribution < -0.4 is 4.72 Å². The molecule has 0 saturated carbocycles. The number of fused-ring (bicyclic) bond motifs is 1. The first-order chi connectivity index (χ1) is 9.97. The minimum atomic E-state index is -3.62. The molecule has 6 heteroatoms. The van der Waals surface area contributed by atoms with E-state index in [-0.39, 0.29) is 4.90 Å². The maximum absolute atomic E-state index is 12.5. The molecule has 0 bridgehead atoms. The van der Waals surface area contributed by atoms with Gasteiger partial charge in [0.15, 0.2) is 0 Å². The first-order valence-electron chi connectivity index (χ1n) is 6.49. The average molecular weight is 301 g/mol. The van der Waals surface area contributed by atoms with E-state index < -0.39 is 10.0 Å². The molecule has 0 amide bonds. The molecule has 1 heterocycles. The lowest BCUT2D eigenvalue weighted by molar-refractivity contribution is 0.601. The molecule has 0 aliphatic heterocycles. The highest BCUT2D eigenvalue weighted by Crippen LogP contribution is 2.23. The lowest BCUT2D eigenvalue weighted by Gasteiger charge is -2.12. The molecule has 108 valence electrons. The SMILES string of the molecule is Cc1cccc(NS(=O)(=O)c2ccc3nc[nH]c3c2)c1C. The molecular weight excluding hydrogens is 286 g/mol. The number of hydrogen-bond donors (Lipinski definition) is 2. The van der Waals surface area contributed by atoms with Crippen LogP contribution in [0.25, 0.3) is 11.0 Å². The first-order valence-corrected chi connectivity index (χ1v) is 7.98. The van der Waals surface area contributed by atoms with E-state index >= 15 is 0 Å². The number of aromatic nitrogens is 2. The van der Waals surface area contributed by atoms with Crippen LogP contribution in [0, 0.1) is 13.8 Å². The Kier molecular flexibility index (Phi) is 3.17. The molecule has 0 unspecified atom stereocenters. The summed E-state index contributed by atoms with van der Waals surface area (Å²) in [5.74, 6) is 0. The molecule has 0 radical (unpaired) electrons. The zero-order valence-corrected chi connectivity index (χ0v) is 12.5. The van der Waals surface area contributed by atoms with Crippen LogP contribution in [0.1, 0.15) is 11.1 Å². The second-order valence-corrected chi connectivity index (χ2v) is 6.62. The molecule has 5 nitrogen and oxygen atoms in total. The van der Waals surface area contributed by atoms with Crippen molar-refractivity contribution in [2.45, 2.75) is 18.7 Å². The smallest absolute Gasteiger partial charge is 0.261 e. The number of H-pyrrole nitrogens is 1. The molecule has 3 aromatic rings. The Morgan fingerprint density at radius 3 is 2.76 bits per heavy atom. The fraction of sp³-hybridized carbons (Fsp3) is 0.133. The highest BCUT2D eigenvalue weighted by atomic mass is 32.2. The average Bonchev–Trinajstić information content (AvgIpc) is 2.91. The molecule has 2 aromatic carbocycles. The van der Waals surface area contributed by atoms with E-state index in [1.54, 1.807) is 30.6 Å². The number of nitrogens with zero attached hydrogens (tertiary/aromatic N) is 1. The molecule has 1 aromatic heterocycles. The van der Waals surface area contributed by atoms with Crippen LogP contribution in [0.2, 0.25) is 0 Å². The minimum Gasteiger partial charge on any atom is -0.345 e. The van der Waals surface area contributed by atoms with Gasteiger partial charge in [-0.15, -0.1) is 0 Å². The van der Waals surface area contributed by atoms with Gasteiger partial charge in [-0.25, -0.2) is 13.4 Å². The van der Waals surface area contributed by atoms with Gasteiger partial charge in [-0.2, -0.15) is 0 Å². The van der Waals surface area contributed by atoms with Crippen molar-refractivity contribution in [1.82, 2.24) is 9.97 Å². The van der Waals surface area contributed by atoms with Gasteiger partial charge in [0.25, 0.3) is 10.0 Å². The largest absolute Gasteiger partial charge is 0.345 e. The van der Waals surface area contributed by atoms with Crippen molar-refractivity contribution in [2.24, 2.45) is 0 Å². The third kappa shape index (κ3) is 2.50. The molecule has 0 aliphatic rings. The normalized spacial score (nSPS) is 11.7.